The number of hydrogen-bond donors (Lipinski definition) is 1. The van der Waals surface area contributed by atoms with Crippen molar-refractivity contribution in [3.63, 3.8) is 0 Å². The van der Waals surface area contributed by atoms with Crippen LogP contribution in [0.25, 0.3) is 0 Å². The second-order valence-electron chi connectivity index (χ2n) is 5.16. The number of aryl methyl sites for hydroxylation is 1. The van der Waals surface area contributed by atoms with Crippen LogP contribution >= 0.6 is 0 Å². The van der Waals surface area contributed by atoms with Gasteiger partial charge in [0.05, 0.1) is 13.3 Å². The van der Waals surface area contributed by atoms with E-state index >= 15 is 0 Å². The summed E-state index contributed by atoms with van der Waals surface area (Å²) in [7, 11) is 3.54. The van der Waals surface area contributed by atoms with Crippen LogP contribution < -0.4 is 15.2 Å². The Labute approximate surface area is 125 Å². The van der Waals surface area contributed by atoms with E-state index in [0.717, 1.165) is 35.5 Å². The molecule has 0 spiro atoms. The van der Waals surface area contributed by atoms with Crippen molar-refractivity contribution in [2.24, 2.45) is 12.8 Å². The van der Waals surface area contributed by atoms with Gasteiger partial charge in [0.25, 0.3) is 0 Å². The van der Waals surface area contributed by atoms with Gasteiger partial charge in [-0.05, 0) is 24.5 Å². The average molecular weight is 289 g/mol. The molecule has 5 nitrogen and oxygen atoms in total. The average Bonchev–Trinajstić information content (AvgIpc) is 2.91. The molecule has 2 rings (SSSR count). The largest absolute Gasteiger partial charge is 0.497 e. The third-order valence-electron chi connectivity index (χ3n) is 3.43. The highest BCUT2D eigenvalue weighted by atomic mass is 16.5. The number of rotatable bonds is 7. The zero-order valence-electron chi connectivity index (χ0n) is 12.9. The molecule has 2 aromatic rings. The minimum atomic E-state index is 0.138. The Morgan fingerprint density at radius 1 is 1.38 bits per heavy atom. The maximum atomic E-state index is 6.05. The predicted molar refractivity (Wildman–Crippen MR) is 82.5 cm³/mol. The lowest BCUT2D eigenvalue weighted by Gasteiger charge is -2.15. The number of nitrogens with two attached hydrogens (primary N) is 1. The third kappa shape index (κ3) is 4.23. The first-order chi connectivity index (χ1) is 10.1. The van der Waals surface area contributed by atoms with E-state index in [2.05, 4.69) is 12.0 Å². The maximum Gasteiger partial charge on any atom is 0.126 e. The van der Waals surface area contributed by atoms with E-state index in [9.17, 15) is 0 Å². The topological polar surface area (TPSA) is 62.3 Å². The Bertz CT molecular complexity index is 581. The fraction of sp³-hybridized carbons (Fsp3) is 0.438. The molecule has 1 atom stereocenters. The molecule has 21 heavy (non-hydrogen) atoms. The van der Waals surface area contributed by atoms with Crippen LogP contribution in [0.1, 0.15) is 24.5 Å². The van der Waals surface area contributed by atoms with E-state index in [0.29, 0.717) is 6.61 Å². The minimum absolute atomic E-state index is 0.138. The lowest BCUT2D eigenvalue weighted by Crippen LogP contribution is -2.21. The van der Waals surface area contributed by atoms with Crippen LogP contribution in [0.4, 0.5) is 0 Å². The van der Waals surface area contributed by atoms with Gasteiger partial charge in [-0.2, -0.15) is 5.10 Å². The fourth-order valence-electron chi connectivity index (χ4n) is 2.10. The van der Waals surface area contributed by atoms with Crippen LogP contribution in [0.15, 0.2) is 30.6 Å². The molecule has 0 bridgehead atoms. The van der Waals surface area contributed by atoms with Gasteiger partial charge >= 0.3 is 0 Å². The van der Waals surface area contributed by atoms with E-state index in [4.69, 9.17) is 15.2 Å². The zero-order chi connectivity index (χ0) is 15.2. The lowest BCUT2D eigenvalue weighted by molar-refractivity contribution is 0.299. The molecule has 2 N–H and O–H groups in total. The van der Waals surface area contributed by atoms with Crippen LogP contribution in [-0.2, 0) is 20.1 Å². The second-order valence-corrected chi connectivity index (χ2v) is 5.16. The third-order valence-corrected chi connectivity index (χ3v) is 3.43. The Morgan fingerprint density at radius 3 is 2.81 bits per heavy atom. The molecule has 0 saturated heterocycles. The molecule has 1 heterocycles. The predicted octanol–water partition coefficient (Wildman–Crippen LogP) is 2.29. The van der Waals surface area contributed by atoms with Gasteiger partial charge in [0.2, 0.25) is 0 Å². The van der Waals surface area contributed by atoms with Crippen LogP contribution in [0.3, 0.4) is 0 Å². The van der Waals surface area contributed by atoms with Gasteiger partial charge in [0.15, 0.2) is 0 Å². The van der Waals surface area contributed by atoms with E-state index in [1.54, 1.807) is 18.0 Å². The summed E-state index contributed by atoms with van der Waals surface area (Å²) < 4.78 is 13.0. The zero-order valence-corrected chi connectivity index (χ0v) is 12.9. The highest BCUT2D eigenvalue weighted by Gasteiger charge is 2.10. The molecule has 1 unspecified atom stereocenters. The van der Waals surface area contributed by atoms with E-state index < -0.39 is 0 Å². The van der Waals surface area contributed by atoms with Crippen LogP contribution in [0, 0.1) is 0 Å². The number of hydrogen-bond acceptors (Lipinski definition) is 4. The van der Waals surface area contributed by atoms with Crippen molar-refractivity contribution in [2.75, 3.05) is 7.11 Å². The SMILES string of the molecule is CCC(N)Cc1ccc(OC)cc1OCc1cnn(C)c1. The van der Waals surface area contributed by atoms with Gasteiger partial charge in [0, 0.05) is 30.9 Å². The van der Waals surface area contributed by atoms with Gasteiger partial charge in [-0.15, -0.1) is 0 Å². The summed E-state index contributed by atoms with van der Waals surface area (Å²) >= 11 is 0. The Morgan fingerprint density at radius 2 is 2.19 bits per heavy atom. The quantitative estimate of drug-likeness (QED) is 0.849. The first kappa shape index (κ1) is 15.4. The number of nitrogens with zero attached hydrogens (tertiary/aromatic N) is 2. The molecule has 1 aromatic heterocycles. The Kier molecular flexibility index (Phi) is 5.22. The van der Waals surface area contributed by atoms with Crippen molar-refractivity contribution in [3.05, 3.63) is 41.7 Å². The summed E-state index contributed by atoms with van der Waals surface area (Å²) in [6.07, 6.45) is 5.48. The van der Waals surface area contributed by atoms with Crippen molar-refractivity contribution in [1.29, 1.82) is 0 Å². The Hall–Kier alpha value is -2.01. The summed E-state index contributed by atoms with van der Waals surface area (Å²) in [6.45, 7) is 2.57. The first-order valence-electron chi connectivity index (χ1n) is 7.15. The first-order valence-corrected chi connectivity index (χ1v) is 7.15. The van der Waals surface area contributed by atoms with Gasteiger partial charge in [-0.3, -0.25) is 4.68 Å². The van der Waals surface area contributed by atoms with Crippen molar-refractivity contribution in [1.82, 2.24) is 9.78 Å². The maximum absolute atomic E-state index is 6.05. The molecule has 0 aliphatic rings. The Balaban J connectivity index is 2.13. The highest BCUT2D eigenvalue weighted by molar-refractivity contribution is 5.41. The van der Waals surface area contributed by atoms with Crippen LogP contribution in [0.5, 0.6) is 11.5 Å². The highest BCUT2D eigenvalue weighted by Crippen LogP contribution is 2.27. The fourth-order valence-corrected chi connectivity index (χ4v) is 2.10. The lowest BCUT2D eigenvalue weighted by atomic mass is 10.0. The van der Waals surface area contributed by atoms with Gasteiger partial charge in [-0.1, -0.05) is 13.0 Å². The summed E-state index contributed by atoms with van der Waals surface area (Å²) in [5.74, 6) is 1.60. The van der Waals surface area contributed by atoms with Crippen molar-refractivity contribution in [3.8, 4) is 11.5 Å². The molecule has 0 aliphatic carbocycles. The summed E-state index contributed by atoms with van der Waals surface area (Å²) in [5, 5.41) is 4.14. The molecule has 0 radical (unpaired) electrons. The van der Waals surface area contributed by atoms with Crippen molar-refractivity contribution >= 4 is 0 Å². The molecule has 0 aliphatic heterocycles. The number of methoxy groups -OCH3 is 1. The summed E-state index contributed by atoms with van der Waals surface area (Å²) in [5.41, 5.74) is 8.19. The van der Waals surface area contributed by atoms with E-state index in [1.807, 2.05) is 31.4 Å². The molecular weight excluding hydrogens is 266 g/mol. The van der Waals surface area contributed by atoms with Gasteiger partial charge in [0.1, 0.15) is 18.1 Å². The number of benzene rings is 1. The molecule has 114 valence electrons. The van der Waals surface area contributed by atoms with E-state index in [-0.39, 0.29) is 6.04 Å². The smallest absolute Gasteiger partial charge is 0.126 e. The normalized spacial score (nSPS) is 12.2. The monoisotopic (exact) mass is 289 g/mol. The van der Waals surface area contributed by atoms with Crippen LogP contribution in [-0.4, -0.2) is 22.9 Å². The summed E-state index contributed by atoms with van der Waals surface area (Å²) in [6, 6.07) is 6.01. The second kappa shape index (κ2) is 7.13. The molecule has 5 heteroatoms. The van der Waals surface area contributed by atoms with Crippen molar-refractivity contribution in [2.45, 2.75) is 32.4 Å². The van der Waals surface area contributed by atoms with Crippen molar-refractivity contribution < 1.29 is 9.47 Å². The standard InChI is InChI=1S/C16H23N3O2/c1-4-14(17)7-13-5-6-15(20-3)8-16(13)21-11-12-9-18-19(2)10-12/h5-6,8-10,14H,4,7,11,17H2,1-3H3. The van der Waals surface area contributed by atoms with Gasteiger partial charge < -0.3 is 15.2 Å². The molecule has 0 fully saturated rings. The van der Waals surface area contributed by atoms with Gasteiger partial charge in [-0.25, -0.2) is 0 Å². The summed E-state index contributed by atoms with van der Waals surface area (Å²) in [4.78, 5) is 0. The van der Waals surface area contributed by atoms with E-state index in [1.165, 1.54) is 0 Å². The molecular formula is C16H23N3O2. The van der Waals surface area contributed by atoms with Crippen LogP contribution in [0.2, 0.25) is 0 Å². The number of ether oxygens (including phenoxy) is 2. The molecule has 0 saturated carbocycles. The number of aromatic nitrogens is 2. The molecule has 0 amide bonds. The molecule has 1 aromatic carbocycles. The minimum Gasteiger partial charge on any atom is -0.497 e.